The largest absolute Gasteiger partial charge is 0.422 e. The number of hydrogen-bond donors (Lipinski definition) is 2. The van der Waals surface area contributed by atoms with Crippen LogP contribution in [0.1, 0.15) is 36.0 Å². The quantitative estimate of drug-likeness (QED) is 0.847. The van der Waals surface area contributed by atoms with E-state index in [1.165, 1.54) is 6.07 Å². The first-order valence-electron chi connectivity index (χ1n) is 7.64. The van der Waals surface area contributed by atoms with Crippen molar-refractivity contribution in [3.63, 3.8) is 0 Å². The van der Waals surface area contributed by atoms with Gasteiger partial charge in [0.15, 0.2) is 0 Å². The first-order valence-corrected chi connectivity index (χ1v) is 7.64. The highest BCUT2D eigenvalue weighted by Gasteiger charge is 2.24. The van der Waals surface area contributed by atoms with E-state index >= 15 is 0 Å². The topological polar surface area (TPSA) is 79.5 Å². The first kappa shape index (κ1) is 14.8. The summed E-state index contributed by atoms with van der Waals surface area (Å²) in [5.74, 6) is -0.259. The molecule has 1 heterocycles. The molecule has 0 bridgehead atoms. The molecule has 1 fully saturated rings. The van der Waals surface area contributed by atoms with Gasteiger partial charge in [0, 0.05) is 11.9 Å². The van der Waals surface area contributed by atoms with Crippen LogP contribution in [-0.4, -0.2) is 23.7 Å². The number of fused-ring (bicyclic) bond motifs is 1. The number of para-hydroxylation sites is 1. The van der Waals surface area contributed by atoms with Crippen molar-refractivity contribution >= 4 is 16.9 Å². The molecule has 1 aliphatic carbocycles. The van der Waals surface area contributed by atoms with Crippen molar-refractivity contribution in [2.75, 3.05) is 6.54 Å². The third-order valence-corrected chi connectivity index (χ3v) is 4.30. The molecule has 0 aliphatic heterocycles. The molecule has 1 amide bonds. The van der Waals surface area contributed by atoms with Crippen LogP contribution in [0.4, 0.5) is 0 Å². The fourth-order valence-electron chi connectivity index (χ4n) is 3.02. The van der Waals surface area contributed by atoms with Crippen molar-refractivity contribution < 1.29 is 14.3 Å². The first-order chi connectivity index (χ1) is 10.6. The third kappa shape index (κ3) is 3.04. The van der Waals surface area contributed by atoms with E-state index in [-0.39, 0.29) is 18.0 Å². The van der Waals surface area contributed by atoms with E-state index < -0.39 is 17.6 Å². The molecule has 22 heavy (non-hydrogen) atoms. The van der Waals surface area contributed by atoms with Crippen LogP contribution >= 0.6 is 0 Å². The van der Waals surface area contributed by atoms with Crippen molar-refractivity contribution in [2.45, 2.75) is 31.8 Å². The lowest BCUT2D eigenvalue weighted by Crippen LogP contribution is -2.37. The van der Waals surface area contributed by atoms with Crippen molar-refractivity contribution in [1.82, 2.24) is 5.32 Å². The van der Waals surface area contributed by atoms with Crippen LogP contribution in [0, 0.1) is 5.92 Å². The zero-order chi connectivity index (χ0) is 15.5. The molecule has 1 aromatic heterocycles. The number of carbonyl (C=O) groups excluding carboxylic acids is 1. The van der Waals surface area contributed by atoms with Crippen LogP contribution in [0.5, 0.6) is 0 Å². The van der Waals surface area contributed by atoms with Gasteiger partial charge in [-0.15, -0.1) is 0 Å². The number of carbonyl (C=O) groups is 1. The highest BCUT2D eigenvalue weighted by molar-refractivity contribution is 5.96. The second-order valence-electron chi connectivity index (χ2n) is 5.81. The number of aliphatic hydroxyl groups excluding tert-OH is 1. The summed E-state index contributed by atoms with van der Waals surface area (Å²) in [5.41, 5.74) is -0.237. The normalized spacial score (nSPS) is 16.8. The number of amides is 1. The molecule has 1 aliphatic rings. The van der Waals surface area contributed by atoms with Crippen molar-refractivity contribution in [3.05, 3.63) is 46.3 Å². The Morgan fingerprint density at radius 3 is 2.82 bits per heavy atom. The summed E-state index contributed by atoms with van der Waals surface area (Å²) < 4.78 is 5.14. The number of rotatable bonds is 4. The van der Waals surface area contributed by atoms with Crippen molar-refractivity contribution in [3.8, 4) is 0 Å². The van der Waals surface area contributed by atoms with Crippen LogP contribution in [0.25, 0.3) is 11.0 Å². The number of aliphatic hydroxyl groups is 1. The Kier molecular flexibility index (Phi) is 4.24. The summed E-state index contributed by atoms with van der Waals surface area (Å²) in [7, 11) is 0. The maximum Gasteiger partial charge on any atom is 0.349 e. The molecule has 0 radical (unpaired) electrons. The van der Waals surface area contributed by atoms with Gasteiger partial charge in [0.1, 0.15) is 11.1 Å². The summed E-state index contributed by atoms with van der Waals surface area (Å²) in [6.07, 6.45) is 3.69. The molecule has 1 unspecified atom stereocenters. The van der Waals surface area contributed by atoms with E-state index in [0.29, 0.717) is 11.0 Å². The molecule has 5 heteroatoms. The smallest absolute Gasteiger partial charge is 0.349 e. The number of nitrogens with one attached hydrogen (secondary N) is 1. The van der Waals surface area contributed by atoms with E-state index in [0.717, 1.165) is 25.7 Å². The summed E-state index contributed by atoms with van der Waals surface area (Å²) in [5, 5.41) is 13.4. The van der Waals surface area contributed by atoms with E-state index in [9.17, 15) is 14.7 Å². The summed E-state index contributed by atoms with van der Waals surface area (Å²) in [4.78, 5) is 24.0. The SMILES string of the molecule is O=C(NCC(O)C1CCCC1)c1cc2ccccc2oc1=O. The van der Waals surface area contributed by atoms with Gasteiger partial charge >= 0.3 is 5.63 Å². The molecular weight excluding hydrogens is 282 g/mol. The summed E-state index contributed by atoms with van der Waals surface area (Å²) in [6.45, 7) is 0.162. The average Bonchev–Trinajstić information content (AvgIpc) is 3.06. The van der Waals surface area contributed by atoms with Gasteiger partial charge in [-0.05, 0) is 30.9 Å². The number of benzene rings is 1. The maximum atomic E-state index is 12.1. The molecule has 0 saturated heterocycles. The van der Waals surface area contributed by atoms with Gasteiger partial charge in [-0.25, -0.2) is 4.79 Å². The van der Waals surface area contributed by atoms with Crippen molar-refractivity contribution in [1.29, 1.82) is 0 Å². The van der Waals surface area contributed by atoms with Gasteiger partial charge in [0.05, 0.1) is 6.10 Å². The highest BCUT2D eigenvalue weighted by Crippen LogP contribution is 2.27. The van der Waals surface area contributed by atoms with Gasteiger partial charge in [-0.2, -0.15) is 0 Å². The Morgan fingerprint density at radius 2 is 2.05 bits per heavy atom. The lowest BCUT2D eigenvalue weighted by molar-refractivity contribution is 0.0837. The molecule has 1 aromatic carbocycles. The fraction of sp³-hybridized carbons (Fsp3) is 0.412. The minimum absolute atomic E-state index is 0.0303. The lowest BCUT2D eigenvalue weighted by atomic mass is 10.0. The molecule has 0 spiro atoms. The van der Waals surface area contributed by atoms with E-state index in [2.05, 4.69) is 5.32 Å². The van der Waals surface area contributed by atoms with E-state index in [1.54, 1.807) is 18.2 Å². The molecule has 116 valence electrons. The van der Waals surface area contributed by atoms with E-state index in [4.69, 9.17) is 4.42 Å². The Labute approximate surface area is 127 Å². The molecule has 1 atom stereocenters. The Balaban J connectivity index is 1.71. The van der Waals surface area contributed by atoms with Gasteiger partial charge in [-0.3, -0.25) is 4.79 Å². The van der Waals surface area contributed by atoms with Crippen LogP contribution in [0.15, 0.2) is 39.5 Å². The number of hydrogen-bond acceptors (Lipinski definition) is 4. The highest BCUT2D eigenvalue weighted by atomic mass is 16.4. The summed E-state index contributed by atoms with van der Waals surface area (Å²) >= 11 is 0. The Hall–Kier alpha value is -2.14. The Morgan fingerprint density at radius 1 is 1.32 bits per heavy atom. The van der Waals surface area contributed by atoms with E-state index in [1.807, 2.05) is 6.07 Å². The van der Waals surface area contributed by atoms with Gasteiger partial charge in [-0.1, -0.05) is 31.0 Å². The third-order valence-electron chi connectivity index (χ3n) is 4.30. The second-order valence-corrected chi connectivity index (χ2v) is 5.81. The van der Waals surface area contributed by atoms with Gasteiger partial charge in [0.2, 0.25) is 0 Å². The summed E-state index contributed by atoms with van der Waals surface area (Å²) in [6, 6.07) is 8.57. The minimum Gasteiger partial charge on any atom is -0.422 e. The van der Waals surface area contributed by atoms with Crippen LogP contribution in [-0.2, 0) is 0 Å². The fourth-order valence-corrected chi connectivity index (χ4v) is 3.02. The molecule has 3 rings (SSSR count). The van der Waals surface area contributed by atoms with Crippen LogP contribution in [0.3, 0.4) is 0 Å². The molecule has 1 saturated carbocycles. The standard InChI is InChI=1S/C17H19NO4/c19-14(11-5-1-2-6-11)10-18-16(20)13-9-12-7-3-4-8-15(12)22-17(13)21/h3-4,7-9,11,14,19H,1-2,5-6,10H2,(H,18,20). The lowest BCUT2D eigenvalue weighted by Gasteiger charge is -2.17. The molecule has 2 aromatic rings. The predicted molar refractivity (Wildman–Crippen MR) is 82.8 cm³/mol. The second kappa shape index (κ2) is 6.32. The Bertz CT molecular complexity index is 731. The van der Waals surface area contributed by atoms with Crippen LogP contribution in [0.2, 0.25) is 0 Å². The zero-order valence-corrected chi connectivity index (χ0v) is 12.2. The van der Waals surface area contributed by atoms with Crippen LogP contribution < -0.4 is 10.9 Å². The molecule has 5 nitrogen and oxygen atoms in total. The monoisotopic (exact) mass is 301 g/mol. The maximum absolute atomic E-state index is 12.1. The average molecular weight is 301 g/mol. The predicted octanol–water partition coefficient (Wildman–Crippen LogP) is 2.07. The van der Waals surface area contributed by atoms with Gasteiger partial charge in [0.25, 0.3) is 5.91 Å². The molecule has 2 N–H and O–H groups in total. The molecular formula is C17H19NO4. The zero-order valence-electron chi connectivity index (χ0n) is 12.2. The minimum atomic E-state index is -0.661. The van der Waals surface area contributed by atoms with Gasteiger partial charge < -0.3 is 14.8 Å². The van der Waals surface area contributed by atoms with Crippen molar-refractivity contribution in [2.24, 2.45) is 5.92 Å².